The molecule has 4 nitrogen and oxygen atoms in total. The van der Waals surface area contributed by atoms with Gasteiger partial charge in [0.05, 0.1) is 16.7 Å². The van der Waals surface area contributed by atoms with E-state index in [1.807, 2.05) is 18.2 Å². The highest BCUT2D eigenvalue weighted by Crippen LogP contribution is 2.39. The predicted octanol–water partition coefficient (Wildman–Crippen LogP) is 11.9. The molecule has 238 valence electrons. The number of hydrogen-bond acceptors (Lipinski definition) is 3. The Labute approximate surface area is 295 Å². The lowest BCUT2D eigenvalue weighted by molar-refractivity contribution is 1.07. The van der Waals surface area contributed by atoms with Crippen LogP contribution in [0.5, 0.6) is 0 Å². The van der Waals surface area contributed by atoms with Crippen LogP contribution in [0.15, 0.2) is 182 Å². The van der Waals surface area contributed by atoms with Crippen molar-refractivity contribution in [2.75, 3.05) is 0 Å². The maximum absolute atomic E-state index is 5.35. The smallest absolute Gasteiger partial charge is 0.166 e. The van der Waals surface area contributed by atoms with Gasteiger partial charge in [0.25, 0.3) is 0 Å². The molecule has 0 amide bonds. The Balaban J connectivity index is 1.28. The van der Waals surface area contributed by atoms with Gasteiger partial charge in [0.2, 0.25) is 0 Å². The predicted molar refractivity (Wildman–Crippen MR) is 211 cm³/mol. The average molecular weight is 651 g/mol. The van der Waals surface area contributed by atoms with Crippen LogP contribution in [-0.2, 0) is 0 Å². The van der Waals surface area contributed by atoms with Crippen LogP contribution < -0.4 is 0 Å². The third-order valence-electron chi connectivity index (χ3n) is 9.84. The Morgan fingerprint density at radius 2 is 0.765 bits per heavy atom. The van der Waals surface area contributed by atoms with Gasteiger partial charge in [-0.25, -0.2) is 15.0 Å². The maximum atomic E-state index is 5.35. The lowest BCUT2D eigenvalue weighted by Gasteiger charge is -2.17. The van der Waals surface area contributed by atoms with Crippen LogP contribution >= 0.6 is 0 Å². The van der Waals surface area contributed by atoms with Crippen molar-refractivity contribution in [3.05, 3.63) is 182 Å². The molecule has 0 aliphatic carbocycles. The summed E-state index contributed by atoms with van der Waals surface area (Å²) in [5.41, 5.74) is 8.48. The van der Waals surface area contributed by atoms with Crippen LogP contribution in [0.1, 0.15) is 0 Å². The van der Waals surface area contributed by atoms with Crippen LogP contribution in [0.2, 0.25) is 0 Å². The van der Waals surface area contributed by atoms with Gasteiger partial charge in [0.1, 0.15) is 0 Å². The largest absolute Gasteiger partial charge is 0.308 e. The first kappa shape index (κ1) is 29.0. The summed E-state index contributed by atoms with van der Waals surface area (Å²) in [7, 11) is 0. The molecule has 0 aliphatic heterocycles. The quantitative estimate of drug-likeness (QED) is 0.186. The molecule has 10 rings (SSSR count). The van der Waals surface area contributed by atoms with Crippen LogP contribution in [-0.4, -0.2) is 19.5 Å². The Morgan fingerprint density at radius 3 is 1.41 bits per heavy atom. The summed E-state index contributed by atoms with van der Waals surface area (Å²) >= 11 is 0. The first-order chi connectivity index (χ1) is 25.3. The van der Waals surface area contributed by atoms with Gasteiger partial charge in [-0.3, -0.25) is 0 Å². The van der Waals surface area contributed by atoms with E-state index in [2.05, 4.69) is 168 Å². The van der Waals surface area contributed by atoms with Crippen molar-refractivity contribution in [2.24, 2.45) is 0 Å². The molecule has 0 unspecified atom stereocenters. The zero-order valence-electron chi connectivity index (χ0n) is 27.6. The highest BCUT2D eigenvalue weighted by molar-refractivity contribution is 6.10. The summed E-state index contributed by atoms with van der Waals surface area (Å²) in [4.78, 5) is 15.8. The van der Waals surface area contributed by atoms with Gasteiger partial charge in [-0.1, -0.05) is 152 Å². The van der Waals surface area contributed by atoms with Gasteiger partial charge in [0, 0.05) is 27.5 Å². The zero-order chi connectivity index (χ0) is 33.7. The van der Waals surface area contributed by atoms with E-state index in [1.165, 1.54) is 21.9 Å². The van der Waals surface area contributed by atoms with Crippen LogP contribution in [0.3, 0.4) is 0 Å². The van der Waals surface area contributed by atoms with Crippen molar-refractivity contribution >= 4 is 43.4 Å². The number of aromatic nitrogens is 4. The van der Waals surface area contributed by atoms with Crippen LogP contribution in [0.25, 0.3) is 94.3 Å². The van der Waals surface area contributed by atoms with E-state index < -0.39 is 0 Å². The minimum absolute atomic E-state index is 0.623. The second kappa shape index (κ2) is 11.9. The van der Waals surface area contributed by atoms with Crippen LogP contribution in [0, 0.1) is 0 Å². The molecule has 0 atom stereocenters. The summed E-state index contributed by atoms with van der Waals surface area (Å²) in [5.74, 6) is 1.89. The van der Waals surface area contributed by atoms with E-state index in [0.29, 0.717) is 17.5 Å². The number of benzene rings is 8. The molecular formula is C47H30N4. The standard InChI is InChI=1S/C47H30N4/c1-3-15-31(16-4-1)35-27-28-40(37-22-10-9-21-36(35)37)46-48-45(32-17-5-2-6-18-32)49-47(50-46)41-29-33-19-7-8-20-34(33)30-44(41)51-42-25-13-11-23-38(42)39-24-12-14-26-43(39)51/h1-30H. The summed E-state index contributed by atoms with van der Waals surface area (Å²) in [6.45, 7) is 0. The topological polar surface area (TPSA) is 43.6 Å². The molecule has 0 bridgehead atoms. The molecule has 0 N–H and O–H groups in total. The van der Waals surface area contributed by atoms with Crippen molar-refractivity contribution in [3.63, 3.8) is 0 Å². The molecule has 0 radical (unpaired) electrons. The Kier molecular flexibility index (Phi) is 6.78. The first-order valence-corrected chi connectivity index (χ1v) is 17.2. The Bertz CT molecular complexity index is 2860. The maximum Gasteiger partial charge on any atom is 0.166 e. The van der Waals surface area contributed by atoms with E-state index in [-0.39, 0.29) is 0 Å². The normalized spacial score (nSPS) is 11.5. The molecule has 2 heterocycles. The number of fused-ring (bicyclic) bond motifs is 5. The first-order valence-electron chi connectivity index (χ1n) is 17.2. The second-order valence-corrected chi connectivity index (χ2v) is 12.8. The van der Waals surface area contributed by atoms with Gasteiger partial charge in [-0.2, -0.15) is 0 Å². The summed E-state index contributed by atoms with van der Waals surface area (Å²) in [6, 6.07) is 63.9. The summed E-state index contributed by atoms with van der Waals surface area (Å²) in [6.07, 6.45) is 0. The molecule has 2 aromatic heterocycles. The van der Waals surface area contributed by atoms with Crippen molar-refractivity contribution in [1.29, 1.82) is 0 Å². The summed E-state index contributed by atoms with van der Waals surface area (Å²) < 4.78 is 2.36. The van der Waals surface area contributed by atoms with E-state index in [1.54, 1.807) is 0 Å². The van der Waals surface area contributed by atoms with Gasteiger partial charge in [0.15, 0.2) is 17.5 Å². The highest BCUT2D eigenvalue weighted by Gasteiger charge is 2.21. The van der Waals surface area contributed by atoms with E-state index in [9.17, 15) is 0 Å². The zero-order valence-corrected chi connectivity index (χ0v) is 27.6. The monoisotopic (exact) mass is 650 g/mol. The fraction of sp³-hybridized carbons (Fsp3) is 0. The fourth-order valence-corrected chi connectivity index (χ4v) is 7.47. The molecule has 0 spiro atoms. The molecule has 51 heavy (non-hydrogen) atoms. The Hall–Kier alpha value is -6.91. The molecular weight excluding hydrogens is 621 g/mol. The van der Waals surface area contributed by atoms with Crippen molar-refractivity contribution < 1.29 is 0 Å². The molecule has 0 aliphatic rings. The lowest BCUT2D eigenvalue weighted by atomic mass is 9.94. The van der Waals surface area contributed by atoms with E-state index in [0.717, 1.165) is 55.0 Å². The minimum Gasteiger partial charge on any atom is -0.308 e. The minimum atomic E-state index is 0.623. The van der Waals surface area contributed by atoms with Gasteiger partial charge >= 0.3 is 0 Å². The SMILES string of the molecule is c1ccc(-c2nc(-c3cc4ccccc4cc3-n3c4ccccc4c4ccccc43)nc(-c3ccc(-c4ccccc4)c4ccccc34)n2)cc1. The van der Waals surface area contributed by atoms with Gasteiger partial charge in [-0.05, 0) is 63.0 Å². The number of rotatable bonds is 5. The number of nitrogens with zero attached hydrogens (tertiary/aromatic N) is 4. The lowest BCUT2D eigenvalue weighted by Crippen LogP contribution is -2.04. The summed E-state index contributed by atoms with van der Waals surface area (Å²) in [5, 5.41) is 6.94. The number of para-hydroxylation sites is 2. The third kappa shape index (κ3) is 4.88. The molecule has 4 heteroatoms. The molecule has 0 saturated carbocycles. The highest BCUT2D eigenvalue weighted by atomic mass is 15.1. The van der Waals surface area contributed by atoms with Crippen LogP contribution in [0.4, 0.5) is 0 Å². The molecule has 0 fully saturated rings. The van der Waals surface area contributed by atoms with E-state index >= 15 is 0 Å². The molecule has 0 saturated heterocycles. The number of hydrogen-bond donors (Lipinski definition) is 0. The van der Waals surface area contributed by atoms with Gasteiger partial charge < -0.3 is 4.57 Å². The second-order valence-electron chi connectivity index (χ2n) is 12.8. The Morgan fingerprint density at radius 1 is 0.314 bits per heavy atom. The van der Waals surface area contributed by atoms with Gasteiger partial charge in [-0.15, -0.1) is 0 Å². The average Bonchev–Trinajstić information content (AvgIpc) is 3.54. The third-order valence-corrected chi connectivity index (χ3v) is 9.84. The van der Waals surface area contributed by atoms with E-state index in [4.69, 9.17) is 15.0 Å². The van der Waals surface area contributed by atoms with Crippen molar-refractivity contribution in [2.45, 2.75) is 0 Å². The van der Waals surface area contributed by atoms with Crippen molar-refractivity contribution in [1.82, 2.24) is 19.5 Å². The molecule has 10 aromatic rings. The fourth-order valence-electron chi connectivity index (χ4n) is 7.47. The van der Waals surface area contributed by atoms with Crippen molar-refractivity contribution in [3.8, 4) is 51.0 Å². The molecule has 8 aromatic carbocycles.